The molecule has 90 valence electrons. The zero-order valence-corrected chi connectivity index (χ0v) is 9.98. The van der Waals surface area contributed by atoms with Crippen molar-refractivity contribution < 1.29 is 5.11 Å². The third-order valence-electron chi connectivity index (χ3n) is 2.38. The van der Waals surface area contributed by atoms with Crippen molar-refractivity contribution in [2.75, 3.05) is 37.0 Å². The lowest BCUT2D eigenvalue weighted by Crippen LogP contribution is -2.28. The van der Waals surface area contributed by atoms with Crippen LogP contribution >= 0.6 is 0 Å². The van der Waals surface area contributed by atoms with Gasteiger partial charge in [0.1, 0.15) is 18.0 Å². The van der Waals surface area contributed by atoms with Crippen molar-refractivity contribution in [1.29, 1.82) is 0 Å². The molecule has 0 aliphatic heterocycles. The lowest BCUT2D eigenvalue weighted by Gasteiger charge is -2.22. The highest BCUT2D eigenvalue weighted by molar-refractivity contribution is 5.47. The predicted molar refractivity (Wildman–Crippen MR) is 65.8 cm³/mol. The zero-order valence-electron chi connectivity index (χ0n) is 9.98. The number of rotatable bonds is 7. The summed E-state index contributed by atoms with van der Waals surface area (Å²) < 4.78 is 0. The van der Waals surface area contributed by atoms with Crippen molar-refractivity contribution in [3.05, 3.63) is 12.4 Å². The number of hydrogen-bond donors (Lipinski definition) is 2. The Morgan fingerprint density at radius 3 is 2.81 bits per heavy atom. The summed E-state index contributed by atoms with van der Waals surface area (Å²) in [7, 11) is 1.83. The maximum atomic E-state index is 9.02. The molecule has 0 fully saturated rings. The second kappa shape index (κ2) is 7.00. The highest BCUT2D eigenvalue weighted by atomic mass is 16.3. The Balaban J connectivity index is 2.73. The second-order valence-electron chi connectivity index (χ2n) is 3.58. The van der Waals surface area contributed by atoms with Crippen LogP contribution in [0.4, 0.5) is 11.6 Å². The zero-order chi connectivity index (χ0) is 11.8. The van der Waals surface area contributed by atoms with E-state index in [0.29, 0.717) is 6.54 Å². The molecule has 0 saturated heterocycles. The van der Waals surface area contributed by atoms with Crippen molar-refractivity contribution in [3.63, 3.8) is 0 Å². The Morgan fingerprint density at radius 2 is 2.19 bits per heavy atom. The molecule has 0 radical (unpaired) electrons. The maximum absolute atomic E-state index is 9.02. The van der Waals surface area contributed by atoms with E-state index in [-0.39, 0.29) is 6.61 Å². The van der Waals surface area contributed by atoms with E-state index < -0.39 is 0 Å². The second-order valence-corrected chi connectivity index (χ2v) is 3.58. The summed E-state index contributed by atoms with van der Waals surface area (Å²) in [6.45, 7) is 3.82. The minimum absolute atomic E-state index is 0.141. The van der Waals surface area contributed by atoms with Crippen LogP contribution in [0, 0.1) is 0 Å². The molecule has 5 nitrogen and oxygen atoms in total. The van der Waals surface area contributed by atoms with Crippen LogP contribution in [-0.4, -0.2) is 41.8 Å². The summed E-state index contributed by atoms with van der Waals surface area (Å²) in [5.74, 6) is 1.66. The Labute approximate surface area is 96.5 Å². The van der Waals surface area contributed by atoms with Gasteiger partial charge >= 0.3 is 0 Å². The fourth-order valence-corrected chi connectivity index (χ4v) is 1.47. The average molecular weight is 224 g/mol. The van der Waals surface area contributed by atoms with Gasteiger partial charge in [-0.3, -0.25) is 0 Å². The van der Waals surface area contributed by atoms with Gasteiger partial charge in [0.05, 0.1) is 6.61 Å². The number of hydrogen-bond acceptors (Lipinski definition) is 5. The van der Waals surface area contributed by atoms with Crippen LogP contribution in [0.5, 0.6) is 0 Å². The van der Waals surface area contributed by atoms with Gasteiger partial charge in [0, 0.05) is 26.2 Å². The molecule has 0 atom stereocenters. The van der Waals surface area contributed by atoms with Crippen molar-refractivity contribution >= 4 is 11.6 Å². The molecule has 0 amide bonds. The molecule has 1 aromatic rings. The summed E-state index contributed by atoms with van der Waals surface area (Å²) in [4.78, 5) is 10.4. The number of anilines is 2. The Kier molecular flexibility index (Phi) is 5.56. The lowest BCUT2D eigenvalue weighted by molar-refractivity contribution is 0.301. The van der Waals surface area contributed by atoms with E-state index in [1.54, 1.807) is 0 Å². The predicted octanol–water partition coefficient (Wildman–Crippen LogP) is 1.12. The van der Waals surface area contributed by atoms with E-state index >= 15 is 0 Å². The summed E-state index contributed by atoms with van der Waals surface area (Å²) in [5.41, 5.74) is 0. The molecule has 1 aromatic heterocycles. The molecule has 0 bridgehead atoms. The van der Waals surface area contributed by atoms with Crippen LogP contribution in [0.3, 0.4) is 0 Å². The summed E-state index contributed by atoms with van der Waals surface area (Å²) in [6, 6.07) is 1.89. The van der Waals surface area contributed by atoms with E-state index in [9.17, 15) is 0 Å². The SMILES string of the molecule is CCCCN(CCO)c1cc(NC)ncn1. The van der Waals surface area contributed by atoms with Crippen LogP contribution in [0.15, 0.2) is 12.4 Å². The number of unbranched alkanes of at least 4 members (excludes halogenated alkanes) is 1. The minimum Gasteiger partial charge on any atom is -0.395 e. The van der Waals surface area contributed by atoms with E-state index in [1.807, 2.05) is 13.1 Å². The van der Waals surface area contributed by atoms with Gasteiger partial charge in [-0.25, -0.2) is 9.97 Å². The van der Waals surface area contributed by atoms with E-state index in [2.05, 4.69) is 27.1 Å². The molecule has 0 saturated carbocycles. The Hall–Kier alpha value is -1.36. The molecular formula is C11H20N4O. The molecular weight excluding hydrogens is 204 g/mol. The van der Waals surface area contributed by atoms with E-state index in [1.165, 1.54) is 6.33 Å². The van der Waals surface area contributed by atoms with Gasteiger partial charge in [0.15, 0.2) is 0 Å². The largest absolute Gasteiger partial charge is 0.395 e. The summed E-state index contributed by atoms with van der Waals surface area (Å²) in [5, 5.41) is 12.0. The van der Waals surface area contributed by atoms with Gasteiger partial charge in [0.2, 0.25) is 0 Å². The quantitative estimate of drug-likeness (QED) is 0.726. The van der Waals surface area contributed by atoms with Gasteiger partial charge in [-0.2, -0.15) is 0 Å². The maximum Gasteiger partial charge on any atom is 0.134 e. The minimum atomic E-state index is 0.141. The van der Waals surface area contributed by atoms with Gasteiger partial charge in [-0.1, -0.05) is 13.3 Å². The van der Waals surface area contributed by atoms with Crippen molar-refractivity contribution in [3.8, 4) is 0 Å². The average Bonchev–Trinajstić information content (AvgIpc) is 2.34. The molecule has 5 heteroatoms. The van der Waals surface area contributed by atoms with Crippen LogP contribution in [0.1, 0.15) is 19.8 Å². The van der Waals surface area contributed by atoms with Crippen molar-refractivity contribution in [1.82, 2.24) is 9.97 Å². The molecule has 16 heavy (non-hydrogen) atoms. The topological polar surface area (TPSA) is 61.3 Å². The molecule has 1 heterocycles. The van der Waals surface area contributed by atoms with Crippen LogP contribution in [-0.2, 0) is 0 Å². The fraction of sp³-hybridized carbons (Fsp3) is 0.636. The molecule has 0 unspecified atom stereocenters. The van der Waals surface area contributed by atoms with Gasteiger partial charge in [-0.15, -0.1) is 0 Å². The number of aliphatic hydroxyl groups is 1. The first kappa shape index (κ1) is 12.7. The van der Waals surface area contributed by atoms with E-state index in [0.717, 1.165) is 31.0 Å². The number of aromatic nitrogens is 2. The Bertz CT molecular complexity index is 306. The van der Waals surface area contributed by atoms with Gasteiger partial charge in [-0.05, 0) is 6.42 Å². The van der Waals surface area contributed by atoms with Crippen molar-refractivity contribution in [2.45, 2.75) is 19.8 Å². The lowest BCUT2D eigenvalue weighted by atomic mass is 10.3. The highest BCUT2D eigenvalue weighted by Crippen LogP contribution is 2.14. The molecule has 0 spiro atoms. The standard InChI is InChI=1S/C11H20N4O/c1-3-4-5-15(6-7-16)11-8-10(12-2)13-9-14-11/h8-9,16H,3-7H2,1-2H3,(H,12,13,14). The Morgan fingerprint density at radius 1 is 1.38 bits per heavy atom. The van der Waals surface area contributed by atoms with Crippen LogP contribution in [0.2, 0.25) is 0 Å². The molecule has 0 aromatic carbocycles. The number of nitrogens with zero attached hydrogens (tertiary/aromatic N) is 3. The normalized spacial score (nSPS) is 10.2. The van der Waals surface area contributed by atoms with Crippen LogP contribution in [0.25, 0.3) is 0 Å². The fourth-order valence-electron chi connectivity index (χ4n) is 1.47. The first-order chi connectivity index (χ1) is 7.81. The summed E-state index contributed by atoms with van der Waals surface area (Å²) >= 11 is 0. The monoisotopic (exact) mass is 224 g/mol. The number of aliphatic hydroxyl groups excluding tert-OH is 1. The third kappa shape index (κ3) is 3.66. The first-order valence-corrected chi connectivity index (χ1v) is 5.67. The van der Waals surface area contributed by atoms with E-state index in [4.69, 9.17) is 5.11 Å². The van der Waals surface area contributed by atoms with Gasteiger partial charge in [0.25, 0.3) is 0 Å². The number of nitrogens with one attached hydrogen (secondary N) is 1. The summed E-state index contributed by atoms with van der Waals surface area (Å²) in [6.07, 6.45) is 3.77. The first-order valence-electron chi connectivity index (χ1n) is 5.67. The molecule has 0 aliphatic carbocycles. The van der Waals surface area contributed by atoms with Gasteiger partial charge < -0.3 is 15.3 Å². The third-order valence-corrected chi connectivity index (χ3v) is 2.38. The van der Waals surface area contributed by atoms with Crippen molar-refractivity contribution in [2.24, 2.45) is 0 Å². The highest BCUT2D eigenvalue weighted by Gasteiger charge is 2.07. The molecule has 2 N–H and O–H groups in total. The molecule has 0 aliphatic rings. The van der Waals surface area contributed by atoms with Crippen LogP contribution < -0.4 is 10.2 Å². The smallest absolute Gasteiger partial charge is 0.134 e. The molecule has 1 rings (SSSR count).